The van der Waals surface area contributed by atoms with Crippen molar-refractivity contribution in [2.24, 2.45) is 16.6 Å². The van der Waals surface area contributed by atoms with E-state index < -0.39 is 0 Å². The van der Waals surface area contributed by atoms with Crippen LogP contribution in [0.1, 0.15) is 13.8 Å². The average Bonchev–Trinajstić information content (AvgIpc) is 2.65. The SMILES string of the molecule is COc1ccc(NC(N)=NCC(Nc2ccccc2)C(C)C)cc1OC. The quantitative estimate of drug-likeness (QED) is 0.498. The second kappa shape index (κ2) is 9.56. The van der Waals surface area contributed by atoms with Gasteiger partial charge in [0.15, 0.2) is 17.5 Å². The molecule has 2 aromatic rings. The smallest absolute Gasteiger partial charge is 0.193 e. The van der Waals surface area contributed by atoms with Gasteiger partial charge in [0.05, 0.1) is 20.8 Å². The number of nitrogens with one attached hydrogen (secondary N) is 2. The first kappa shape index (κ1) is 19.4. The van der Waals surface area contributed by atoms with Gasteiger partial charge in [-0.1, -0.05) is 32.0 Å². The molecule has 6 nitrogen and oxygen atoms in total. The third-order valence-corrected chi connectivity index (χ3v) is 4.04. The Bertz CT molecular complexity index is 717. The molecule has 140 valence electrons. The number of para-hydroxylation sites is 1. The summed E-state index contributed by atoms with van der Waals surface area (Å²) in [6.07, 6.45) is 0. The zero-order valence-electron chi connectivity index (χ0n) is 15.8. The summed E-state index contributed by atoms with van der Waals surface area (Å²) in [4.78, 5) is 4.48. The van der Waals surface area contributed by atoms with Gasteiger partial charge in [0.2, 0.25) is 0 Å². The maximum Gasteiger partial charge on any atom is 0.193 e. The third kappa shape index (κ3) is 5.58. The number of methoxy groups -OCH3 is 2. The summed E-state index contributed by atoms with van der Waals surface area (Å²) in [6, 6.07) is 15.8. The number of ether oxygens (including phenoxy) is 2. The van der Waals surface area contributed by atoms with E-state index in [1.54, 1.807) is 14.2 Å². The Balaban J connectivity index is 2.01. The summed E-state index contributed by atoms with van der Waals surface area (Å²) in [5, 5.41) is 6.59. The van der Waals surface area contributed by atoms with E-state index in [2.05, 4.69) is 29.5 Å². The van der Waals surface area contributed by atoms with Crippen LogP contribution in [0.15, 0.2) is 53.5 Å². The van der Waals surface area contributed by atoms with E-state index in [0.29, 0.717) is 29.9 Å². The highest BCUT2D eigenvalue weighted by Crippen LogP contribution is 2.29. The van der Waals surface area contributed by atoms with E-state index in [0.717, 1.165) is 11.4 Å². The number of guanidine groups is 1. The van der Waals surface area contributed by atoms with Gasteiger partial charge in [-0.2, -0.15) is 0 Å². The van der Waals surface area contributed by atoms with E-state index in [-0.39, 0.29) is 6.04 Å². The fourth-order valence-electron chi connectivity index (χ4n) is 2.47. The molecule has 4 N–H and O–H groups in total. The summed E-state index contributed by atoms with van der Waals surface area (Å²) in [5.41, 5.74) is 7.92. The fourth-order valence-corrected chi connectivity index (χ4v) is 2.47. The Labute approximate surface area is 155 Å². The molecular formula is C20H28N4O2. The Morgan fingerprint density at radius 1 is 1.00 bits per heavy atom. The van der Waals surface area contributed by atoms with Crippen LogP contribution in [0.3, 0.4) is 0 Å². The van der Waals surface area contributed by atoms with Gasteiger partial charge in [-0.25, -0.2) is 0 Å². The zero-order valence-corrected chi connectivity index (χ0v) is 15.8. The number of hydrogen-bond acceptors (Lipinski definition) is 4. The van der Waals surface area contributed by atoms with Gasteiger partial charge in [0, 0.05) is 23.5 Å². The molecule has 0 aliphatic rings. The van der Waals surface area contributed by atoms with Gasteiger partial charge in [-0.05, 0) is 30.2 Å². The van der Waals surface area contributed by atoms with Crippen molar-refractivity contribution < 1.29 is 9.47 Å². The van der Waals surface area contributed by atoms with E-state index in [4.69, 9.17) is 15.2 Å². The lowest BCUT2D eigenvalue weighted by Crippen LogP contribution is -2.31. The summed E-state index contributed by atoms with van der Waals surface area (Å²) in [5.74, 6) is 2.07. The third-order valence-electron chi connectivity index (χ3n) is 4.04. The second-order valence-electron chi connectivity index (χ2n) is 6.28. The van der Waals surface area contributed by atoms with Crippen LogP contribution in [0, 0.1) is 5.92 Å². The Hall–Kier alpha value is -2.89. The predicted molar refractivity (Wildman–Crippen MR) is 108 cm³/mol. The van der Waals surface area contributed by atoms with E-state index >= 15 is 0 Å². The van der Waals surface area contributed by atoms with E-state index in [9.17, 15) is 0 Å². The first-order valence-corrected chi connectivity index (χ1v) is 8.64. The molecule has 2 rings (SSSR count). The molecule has 0 heterocycles. The van der Waals surface area contributed by atoms with Gasteiger partial charge in [-0.3, -0.25) is 4.99 Å². The van der Waals surface area contributed by atoms with Gasteiger partial charge in [0.1, 0.15) is 0 Å². The van der Waals surface area contributed by atoms with Crippen LogP contribution in [0.4, 0.5) is 11.4 Å². The van der Waals surface area contributed by atoms with E-state index in [1.165, 1.54) is 0 Å². The molecule has 0 amide bonds. The largest absolute Gasteiger partial charge is 0.493 e. The number of aliphatic imine (C=N–C) groups is 1. The lowest BCUT2D eigenvalue weighted by atomic mass is 10.0. The zero-order chi connectivity index (χ0) is 18.9. The molecule has 0 saturated heterocycles. The molecule has 0 saturated carbocycles. The van der Waals surface area contributed by atoms with Crippen molar-refractivity contribution in [2.75, 3.05) is 31.4 Å². The van der Waals surface area contributed by atoms with Crippen LogP contribution < -0.4 is 25.8 Å². The molecule has 6 heteroatoms. The molecule has 1 unspecified atom stereocenters. The summed E-state index contributed by atoms with van der Waals surface area (Å²) in [7, 11) is 3.20. The van der Waals surface area contributed by atoms with Crippen molar-refractivity contribution in [1.82, 2.24) is 0 Å². The number of benzene rings is 2. The first-order valence-electron chi connectivity index (χ1n) is 8.64. The summed E-state index contributed by atoms with van der Waals surface area (Å²) in [6.45, 7) is 4.89. The highest BCUT2D eigenvalue weighted by Gasteiger charge is 2.13. The Morgan fingerprint density at radius 2 is 1.69 bits per heavy atom. The van der Waals surface area contributed by atoms with Crippen molar-refractivity contribution in [3.05, 3.63) is 48.5 Å². The van der Waals surface area contributed by atoms with Crippen molar-refractivity contribution in [3.8, 4) is 11.5 Å². The van der Waals surface area contributed by atoms with Gasteiger partial charge < -0.3 is 25.8 Å². The molecular weight excluding hydrogens is 328 g/mol. The fraction of sp³-hybridized carbons (Fsp3) is 0.350. The van der Waals surface area contributed by atoms with Crippen LogP contribution in [0.5, 0.6) is 11.5 Å². The van der Waals surface area contributed by atoms with E-state index in [1.807, 2.05) is 48.5 Å². The molecule has 0 spiro atoms. The number of rotatable bonds is 8. The van der Waals surface area contributed by atoms with Crippen LogP contribution in [0.2, 0.25) is 0 Å². The molecule has 0 aromatic heterocycles. The first-order chi connectivity index (χ1) is 12.5. The maximum absolute atomic E-state index is 6.05. The number of hydrogen-bond donors (Lipinski definition) is 3. The molecule has 26 heavy (non-hydrogen) atoms. The lowest BCUT2D eigenvalue weighted by Gasteiger charge is -2.22. The lowest BCUT2D eigenvalue weighted by molar-refractivity contribution is 0.355. The van der Waals surface area contributed by atoms with Gasteiger partial charge in [-0.15, -0.1) is 0 Å². The summed E-state index contributed by atoms with van der Waals surface area (Å²) < 4.78 is 10.5. The number of anilines is 2. The van der Waals surface area contributed by atoms with Crippen molar-refractivity contribution in [1.29, 1.82) is 0 Å². The Morgan fingerprint density at radius 3 is 2.31 bits per heavy atom. The van der Waals surface area contributed by atoms with Crippen molar-refractivity contribution in [3.63, 3.8) is 0 Å². The molecule has 2 aromatic carbocycles. The van der Waals surface area contributed by atoms with Crippen LogP contribution >= 0.6 is 0 Å². The predicted octanol–water partition coefficient (Wildman–Crippen LogP) is 3.57. The number of nitrogens with zero attached hydrogens (tertiary/aromatic N) is 1. The molecule has 0 fully saturated rings. The number of nitrogens with two attached hydrogens (primary N) is 1. The Kier molecular flexibility index (Phi) is 7.14. The summed E-state index contributed by atoms with van der Waals surface area (Å²) >= 11 is 0. The molecule has 1 atom stereocenters. The molecule has 0 bridgehead atoms. The van der Waals surface area contributed by atoms with Gasteiger partial charge >= 0.3 is 0 Å². The minimum atomic E-state index is 0.183. The van der Waals surface area contributed by atoms with Crippen molar-refractivity contribution in [2.45, 2.75) is 19.9 Å². The molecule has 0 aliphatic heterocycles. The van der Waals surface area contributed by atoms with Gasteiger partial charge in [0.25, 0.3) is 0 Å². The van der Waals surface area contributed by atoms with Crippen molar-refractivity contribution >= 4 is 17.3 Å². The minimum Gasteiger partial charge on any atom is -0.493 e. The average molecular weight is 356 g/mol. The highest BCUT2D eigenvalue weighted by molar-refractivity contribution is 5.92. The standard InChI is InChI=1S/C20H28N4O2/c1-14(2)17(23-15-8-6-5-7-9-15)13-22-20(21)24-16-10-11-18(25-3)19(12-16)26-4/h5-12,14,17,23H,13H2,1-4H3,(H3,21,22,24). The molecule has 0 radical (unpaired) electrons. The second-order valence-corrected chi connectivity index (χ2v) is 6.28. The minimum absolute atomic E-state index is 0.183. The van der Waals surface area contributed by atoms with Crippen LogP contribution in [-0.4, -0.2) is 32.8 Å². The topological polar surface area (TPSA) is 80.9 Å². The monoisotopic (exact) mass is 356 g/mol. The maximum atomic E-state index is 6.05. The normalized spacial score (nSPS) is 12.6. The molecule has 0 aliphatic carbocycles. The highest BCUT2D eigenvalue weighted by atomic mass is 16.5. The van der Waals surface area contributed by atoms with Crippen LogP contribution in [0.25, 0.3) is 0 Å². The van der Waals surface area contributed by atoms with Crippen LogP contribution in [-0.2, 0) is 0 Å².